The molecule has 0 bridgehead atoms. The Morgan fingerprint density at radius 2 is 2.44 bits per heavy atom. The van der Waals surface area contributed by atoms with Gasteiger partial charge in [0.15, 0.2) is 0 Å². The van der Waals surface area contributed by atoms with Crippen LogP contribution < -0.4 is 11.3 Å². The van der Waals surface area contributed by atoms with Crippen LogP contribution in [0.4, 0.5) is 0 Å². The minimum absolute atomic E-state index is 0.324. The van der Waals surface area contributed by atoms with E-state index in [1.165, 1.54) is 0 Å². The maximum Gasteiger partial charge on any atom is 0.110 e. The smallest absolute Gasteiger partial charge is 0.110 e. The van der Waals surface area contributed by atoms with E-state index in [4.69, 9.17) is 5.84 Å². The lowest BCUT2D eigenvalue weighted by atomic mass is 10.1. The number of aromatic nitrogens is 2. The number of hydrogen-bond acceptors (Lipinski definition) is 4. The number of hydrazine groups is 1. The summed E-state index contributed by atoms with van der Waals surface area (Å²) in [5.74, 6) is 7.82. The van der Waals surface area contributed by atoms with Gasteiger partial charge in [0.05, 0.1) is 0 Å². The first kappa shape index (κ1) is 13.5. The van der Waals surface area contributed by atoms with E-state index in [9.17, 15) is 0 Å². The topological polar surface area (TPSA) is 55.9 Å². The second kappa shape index (κ2) is 7.70. The third-order valence-corrected chi connectivity index (χ3v) is 3.25. The zero-order chi connectivity index (χ0) is 11.8. The average molecular weight is 242 g/mol. The van der Waals surface area contributed by atoms with Gasteiger partial charge in [0.25, 0.3) is 0 Å². The van der Waals surface area contributed by atoms with E-state index in [0.29, 0.717) is 6.04 Å². The maximum absolute atomic E-state index is 5.56. The average Bonchev–Trinajstić information content (AvgIpc) is 2.72. The molecule has 1 rings (SSSR count). The summed E-state index contributed by atoms with van der Waals surface area (Å²) in [5.41, 5.74) is 2.88. The Balaban J connectivity index is 2.51. The Morgan fingerprint density at radius 1 is 1.62 bits per heavy atom. The molecule has 1 atom stereocenters. The summed E-state index contributed by atoms with van der Waals surface area (Å²) in [6, 6.07) is 0.324. The second-order valence-electron chi connectivity index (χ2n) is 3.89. The van der Waals surface area contributed by atoms with E-state index in [0.717, 1.165) is 37.4 Å². The van der Waals surface area contributed by atoms with Crippen molar-refractivity contribution >= 4 is 11.8 Å². The molecule has 92 valence electrons. The standard InChI is InChI=1S/C11H22N4S/c1-3-6-15-7-5-13-11(15)9-10(14-12)4-8-16-2/h5,7,10,14H,3-4,6,8-9,12H2,1-2H3. The molecule has 0 aliphatic heterocycles. The van der Waals surface area contributed by atoms with Gasteiger partial charge >= 0.3 is 0 Å². The fourth-order valence-electron chi connectivity index (χ4n) is 1.70. The van der Waals surface area contributed by atoms with Gasteiger partial charge in [-0.25, -0.2) is 4.98 Å². The quantitative estimate of drug-likeness (QED) is 0.535. The van der Waals surface area contributed by atoms with Crippen molar-refractivity contribution in [2.45, 2.75) is 38.8 Å². The predicted molar refractivity (Wildman–Crippen MR) is 70.3 cm³/mol. The van der Waals surface area contributed by atoms with E-state index in [1.807, 2.05) is 24.2 Å². The van der Waals surface area contributed by atoms with Gasteiger partial charge in [-0.05, 0) is 24.9 Å². The Labute approximate surface area is 102 Å². The molecule has 1 aromatic heterocycles. The van der Waals surface area contributed by atoms with Gasteiger partial charge in [0.2, 0.25) is 0 Å². The third-order valence-electron chi connectivity index (χ3n) is 2.60. The number of nitrogens with zero attached hydrogens (tertiary/aromatic N) is 2. The highest BCUT2D eigenvalue weighted by molar-refractivity contribution is 7.98. The first-order chi connectivity index (χ1) is 7.81. The van der Waals surface area contributed by atoms with Crippen LogP contribution in [0.15, 0.2) is 12.4 Å². The molecule has 1 unspecified atom stereocenters. The van der Waals surface area contributed by atoms with Crippen LogP contribution in [0.3, 0.4) is 0 Å². The van der Waals surface area contributed by atoms with Crippen molar-refractivity contribution in [3.63, 3.8) is 0 Å². The molecule has 0 spiro atoms. The summed E-state index contributed by atoms with van der Waals surface area (Å²) in [6.07, 6.45) is 9.15. The Kier molecular flexibility index (Phi) is 6.52. The number of nitrogens with two attached hydrogens (primary N) is 1. The summed E-state index contributed by atoms with van der Waals surface area (Å²) >= 11 is 1.85. The number of imidazole rings is 1. The summed E-state index contributed by atoms with van der Waals surface area (Å²) in [7, 11) is 0. The van der Waals surface area contributed by atoms with Crippen LogP contribution in [0.1, 0.15) is 25.6 Å². The minimum atomic E-state index is 0.324. The maximum atomic E-state index is 5.56. The third kappa shape index (κ3) is 4.15. The number of thioether (sulfide) groups is 1. The molecule has 4 nitrogen and oxygen atoms in total. The lowest BCUT2D eigenvalue weighted by Gasteiger charge is -2.15. The normalized spacial score (nSPS) is 12.9. The second-order valence-corrected chi connectivity index (χ2v) is 4.87. The Hall–Kier alpha value is -0.520. The van der Waals surface area contributed by atoms with Crippen molar-refractivity contribution in [2.75, 3.05) is 12.0 Å². The van der Waals surface area contributed by atoms with Gasteiger partial charge in [-0.3, -0.25) is 11.3 Å². The lowest BCUT2D eigenvalue weighted by Crippen LogP contribution is -2.37. The number of hydrogen-bond donors (Lipinski definition) is 2. The zero-order valence-electron chi connectivity index (χ0n) is 10.1. The first-order valence-electron chi connectivity index (χ1n) is 5.76. The van der Waals surface area contributed by atoms with Gasteiger partial charge in [0, 0.05) is 31.4 Å². The summed E-state index contributed by atoms with van der Waals surface area (Å²) in [5, 5.41) is 0. The van der Waals surface area contributed by atoms with Crippen molar-refractivity contribution in [1.82, 2.24) is 15.0 Å². The monoisotopic (exact) mass is 242 g/mol. The fraction of sp³-hybridized carbons (Fsp3) is 0.727. The van der Waals surface area contributed by atoms with Crippen molar-refractivity contribution in [1.29, 1.82) is 0 Å². The van der Waals surface area contributed by atoms with Crippen molar-refractivity contribution < 1.29 is 0 Å². The van der Waals surface area contributed by atoms with Crippen molar-refractivity contribution in [2.24, 2.45) is 5.84 Å². The molecular weight excluding hydrogens is 220 g/mol. The summed E-state index contributed by atoms with van der Waals surface area (Å²) in [4.78, 5) is 4.39. The lowest BCUT2D eigenvalue weighted by molar-refractivity contribution is 0.488. The van der Waals surface area contributed by atoms with Crippen LogP contribution in [0.2, 0.25) is 0 Å². The van der Waals surface area contributed by atoms with Gasteiger partial charge in [0.1, 0.15) is 5.82 Å². The number of aryl methyl sites for hydroxylation is 1. The molecule has 0 aliphatic rings. The fourth-order valence-corrected chi connectivity index (χ4v) is 2.22. The highest BCUT2D eigenvalue weighted by Crippen LogP contribution is 2.07. The molecule has 0 saturated carbocycles. The van der Waals surface area contributed by atoms with E-state index < -0.39 is 0 Å². The van der Waals surface area contributed by atoms with Gasteiger partial charge < -0.3 is 4.57 Å². The Bertz CT molecular complexity index is 287. The van der Waals surface area contributed by atoms with Crippen LogP contribution >= 0.6 is 11.8 Å². The molecule has 16 heavy (non-hydrogen) atoms. The van der Waals surface area contributed by atoms with E-state index in [1.54, 1.807) is 0 Å². The summed E-state index contributed by atoms with van der Waals surface area (Å²) in [6.45, 7) is 3.21. The molecule has 0 amide bonds. The molecule has 0 aliphatic carbocycles. The van der Waals surface area contributed by atoms with Crippen molar-refractivity contribution in [3.05, 3.63) is 18.2 Å². The van der Waals surface area contributed by atoms with Crippen LogP contribution in [-0.4, -0.2) is 27.6 Å². The molecule has 1 heterocycles. The minimum Gasteiger partial charge on any atom is -0.335 e. The number of rotatable bonds is 8. The van der Waals surface area contributed by atoms with E-state index >= 15 is 0 Å². The molecule has 3 N–H and O–H groups in total. The van der Waals surface area contributed by atoms with Gasteiger partial charge in [-0.2, -0.15) is 11.8 Å². The van der Waals surface area contributed by atoms with Crippen LogP contribution in [0, 0.1) is 0 Å². The van der Waals surface area contributed by atoms with Crippen LogP contribution in [0.25, 0.3) is 0 Å². The predicted octanol–water partition coefficient (Wildman–Crippen LogP) is 1.42. The number of nitrogens with one attached hydrogen (secondary N) is 1. The SMILES string of the molecule is CCCn1ccnc1CC(CCSC)NN. The Morgan fingerprint density at radius 3 is 3.06 bits per heavy atom. The molecule has 0 saturated heterocycles. The highest BCUT2D eigenvalue weighted by Gasteiger charge is 2.11. The zero-order valence-corrected chi connectivity index (χ0v) is 11.0. The van der Waals surface area contributed by atoms with E-state index in [2.05, 4.69) is 28.2 Å². The van der Waals surface area contributed by atoms with Gasteiger partial charge in [-0.15, -0.1) is 0 Å². The van der Waals surface area contributed by atoms with E-state index in [-0.39, 0.29) is 0 Å². The highest BCUT2D eigenvalue weighted by atomic mass is 32.2. The molecule has 0 aromatic carbocycles. The first-order valence-corrected chi connectivity index (χ1v) is 7.16. The molecule has 1 aromatic rings. The van der Waals surface area contributed by atoms with Gasteiger partial charge in [-0.1, -0.05) is 6.92 Å². The van der Waals surface area contributed by atoms with Crippen molar-refractivity contribution in [3.8, 4) is 0 Å². The molecular formula is C11H22N4S. The van der Waals surface area contributed by atoms with Crippen LogP contribution in [-0.2, 0) is 13.0 Å². The molecule has 0 fully saturated rings. The summed E-state index contributed by atoms with van der Waals surface area (Å²) < 4.78 is 2.21. The molecule has 0 radical (unpaired) electrons. The molecule has 5 heteroatoms. The largest absolute Gasteiger partial charge is 0.335 e. The van der Waals surface area contributed by atoms with Crippen LogP contribution in [0.5, 0.6) is 0 Å².